The molecule has 64 heavy (non-hydrogen) atoms. The Balaban J connectivity index is 0.757. The highest BCUT2D eigenvalue weighted by atomic mass is 19.4. The molecule has 1 atom stereocenters. The maximum atomic E-state index is 13.4. The van der Waals surface area contributed by atoms with E-state index in [0.717, 1.165) is 86.2 Å². The average Bonchev–Trinajstić information content (AvgIpc) is 3.76. The molecule has 5 heterocycles. The third-order valence-electron chi connectivity index (χ3n) is 14.3. The van der Waals surface area contributed by atoms with Gasteiger partial charge in [0.1, 0.15) is 11.7 Å². The van der Waals surface area contributed by atoms with Gasteiger partial charge in [0.2, 0.25) is 17.7 Å². The maximum absolute atomic E-state index is 13.4. The lowest BCUT2D eigenvalue weighted by atomic mass is 9.56. The Kier molecular flexibility index (Phi) is 11.5. The van der Waals surface area contributed by atoms with Gasteiger partial charge in [-0.3, -0.25) is 33.5 Å². The number of pyridine rings is 1. The number of hydrogen-bond acceptors (Lipinski definition) is 9. The molecule has 2 aromatic carbocycles. The number of aliphatic hydroxyl groups is 1. The zero-order valence-electron chi connectivity index (χ0n) is 36.4. The summed E-state index contributed by atoms with van der Waals surface area (Å²) in [5.74, 6) is -0.942. The molecule has 9 rings (SSSR count). The maximum Gasteiger partial charge on any atom is 0.574 e. The molecule has 3 amide bonds. The molecule has 2 aliphatic carbocycles. The molecule has 0 bridgehead atoms. The van der Waals surface area contributed by atoms with Gasteiger partial charge in [-0.1, -0.05) is 18.2 Å². The number of imide groups is 1. The van der Waals surface area contributed by atoms with Crippen molar-refractivity contribution in [1.29, 1.82) is 0 Å². The van der Waals surface area contributed by atoms with E-state index >= 15 is 0 Å². The predicted octanol–water partition coefficient (Wildman–Crippen LogP) is 7.30. The molecule has 2 saturated heterocycles. The second-order valence-corrected chi connectivity index (χ2v) is 19.2. The second kappa shape index (κ2) is 16.8. The average molecular weight is 885 g/mol. The number of carbonyl (C=O) groups excluding carboxylic acids is 3. The second-order valence-electron chi connectivity index (χ2n) is 19.2. The van der Waals surface area contributed by atoms with Crippen LogP contribution in [-0.2, 0) is 28.7 Å². The zero-order valence-corrected chi connectivity index (χ0v) is 36.4. The number of nitrogens with zero attached hydrogens (tertiary/aromatic N) is 6. The fraction of sp³-hybridized carbons (Fsp3) is 0.532. The molecule has 4 fully saturated rings. The standard InChI is InChI=1S/C47H55F3N8O6/c1-45(2,63)33-23-35-31(22-36(33)52-42(60)34-7-5-9-40(51-34)64-47(48,49)50)27-57(54-35)32-14-11-28(12-15-32)26-56-20-18-46(19-21-56)24-29(25-46)10-13-30-6-4-8-37-41(30)55(3)44(62)58(37)38-16-17-39(59)53-43(38)61/h4-9,22-23,27-29,32,38,63H,10-21,24-26H2,1-3H3,(H,52,60)(H,53,59,61)/t28-,32-,38?. The van der Waals surface area contributed by atoms with Crippen LogP contribution in [0.3, 0.4) is 0 Å². The fourth-order valence-corrected chi connectivity index (χ4v) is 11.0. The van der Waals surface area contributed by atoms with Gasteiger partial charge in [0.15, 0.2) is 0 Å². The van der Waals surface area contributed by atoms with E-state index in [0.29, 0.717) is 40.4 Å². The van der Waals surface area contributed by atoms with Crippen LogP contribution >= 0.6 is 0 Å². The molecule has 4 aliphatic rings. The molecule has 340 valence electrons. The molecular formula is C47H55F3N8O6. The molecule has 3 N–H and O–H groups in total. The van der Waals surface area contributed by atoms with E-state index in [2.05, 4.69) is 31.3 Å². The minimum Gasteiger partial charge on any atom is -0.388 e. The number of amides is 3. The number of alkyl halides is 3. The summed E-state index contributed by atoms with van der Waals surface area (Å²) in [6.07, 6.45) is 8.60. The van der Waals surface area contributed by atoms with Crippen LogP contribution in [0.15, 0.2) is 59.5 Å². The monoisotopic (exact) mass is 884 g/mol. The van der Waals surface area contributed by atoms with Crippen molar-refractivity contribution >= 4 is 45.3 Å². The SMILES string of the molecule is Cn1c(=O)n(C2CCC(=O)NC2=O)c2cccc(CCC3CC4(CCN(C[C@H]5CC[C@H](n6cc7cc(NC(=O)c8cccc(OC(F)(F)F)n8)c(C(C)(C)O)cc7n6)CC5)CC4)C3)c21. The third kappa shape index (κ3) is 8.93. The van der Waals surface area contributed by atoms with Crippen LogP contribution in [0, 0.1) is 17.3 Å². The van der Waals surface area contributed by atoms with Gasteiger partial charge in [-0.05, 0) is 145 Å². The summed E-state index contributed by atoms with van der Waals surface area (Å²) >= 11 is 0. The Bertz CT molecular complexity index is 2660. The highest BCUT2D eigenvalue weighted by molar-refractivity contribution is 6.04. The number of fused-ring (bicyclic) bond motifs is 2. The number of benzene rings is 2. The number of imidazole rings is 1. The van der Waals surface area contributed by atoms with Crippen LogP contribution < -0.4 is 21.1 Å². The molecule has 1 spiro atoms. The van der Waals surface area contributed by atoms with Gasteiger partial charge in [0.05, 0.1) is 28.2 Å². The molecular weight excluding hydrogens is 830 g/mol. The number of piperidine rings is 2. The van der Waals surface area contributed by atoms with Crippen molar-refractivity contribution in [2.24, 2.45) is 24.3 Å². The number of aromatic nitrogens is 5. The minimum absolute atomic E-state index is 0.214. The smallest absolute Gasteiger partial charge is 0.388 e. The number of carbonyl (C=O) groups is 3. The number of nitrogens with one attached hydrogen (secondary N) is 2. The fourth-order valence-electron chi connectivity index (χ4n) is 11.0. The highest BCUT2D eigenvalue weighted by Crippen LogP contribution is 2.54. The molecule has 14 nitrogen and oxygen atoms in total. The van der Waals surface area contributed by atoms with E-state index in [1.165, 1.54) is 37.8 Å². The Morgan fingerprint density at radius 2 is 1.72 bits per heavy atom. The van der Waals surface area contributed by atoms with Crippen molar-refractivity contribution in [3.05, 3.63) is 82.0 Å². The molecule has 1 unspecified atom stereocenters. The molecule has 17 heteroatoms. The summed E-state index contributed by atoms with van der Waals surface area (Å²) in [7, 11) is 1.77. The minimum atomic E-state index is -4.95. The number of rotatable bonds is 11. The number of halogens is 3. The summed E-state index contributed by atoms with van der Waals surface area (Å²) in [6, 6.07) is 12.5. The number of aryl methyl sites for hydroxylation is 2. The van der Waals surface area contributed by atoms with Crippen LogP contribution in [0.5, 0.6) is 5.88 Å². The van der Waals surface area contributed by atoms with Gasteiger partial charge in [-0.25, -0.2) is 9.78 Å². The molecule has 2 saturated carbocycles. The van der Waals surface area contributed by atoms with Gasteiger partial charge < -0.3 is 20.1 Å². The Labute approximate surface area is 368 Å². The lowest BCUT2D eigenvalue weighted by molar-refractivity contribution is -0.276. The van der Waals surface area contributed by atoms with E-state index in [9.17, 15) is 37.5 Å². The lowest BCUT2D eigenvalue weighted by Gasteiger charge is -2.53. The van der Waals surface area contributed by atoms with Crippen molar-refractivity contribution in [2.75, 3.05) is 25.0 Å². The number of hydrogen-bond donors (Lipinski definition) is 3. The summed E-state index contributed by atoms with van der Waals surface area (Å²) in [5, 5.41) is 21.8. The van der Waals surface area contributed by atoms with Crippen molar-refractivity contribution < 1.29 is 37.4 Å². The quantitative estimate of drug-likeness (QED) is 0.116. The van der Waals surface area contributed by atoms with Gasteiger partial charge in [0, 0.05) is 48.9 Å². The molecule has 3 aromatic heterocycles. The van der Waals surface area contributed by atoms with Crippen LogP contribution in [0.2, 0.25) is 0 Å². The summed E-state index contributed by atoms with van der Waals surface area (Å²) in [5.41, 5.74) is 2.69. The van der Waals surface area contributed by atoms with Crippen LogP contribution in [0.25, 0.3) is 21.9 Å². The highest BCUT2D eigenvalue weighted by Gasteiger charge is 2.45. The van der Waals surface area contributed by atoms with Gasteiger partial charge in [0.25, 0.3) is 5.91 Å². The summed E-state index contributed by atoms with van der Waals surface area (Å²) in [6.45, 7) is 6.53. The first kappa shape index (κ1) is 43.7. The predicted molar refractivity (Wildman–Crippen MR) is 233 cm³/mol. The lowest BCUT2D eigenvalue weighted by Crippen LogP contribution is -2.48. The Morgan fingerprint density at radius 1 is 0.984 bits per heavy atom. The Hall–Kier alpha value is -5.55. The summed E-state index contributed by atoms with van der Waals surface area (Å²) < 4.78 is 47.4. The molecule has 0 radical (unpaired) electrons. The van der Waals surface area contributed by atoms with Gasteiger partial charge >= 0.3 is 12.1 Å². The van der Waals surface area contributed by atoms with E-state index in [1.807, 2.05) is 23.0 Å². The zero-order chi connectivity index (χ0) is 45.1. The Morgan fingerprint density at radius 3 is 2.42 bits per heavy atom. The topological polar surface area (TPSA) is 166 Å². The number of anilines is 1. The van der Waals surface area contributed by atoms with E-state index in [4.69, 9.17) is 5.10 Å². The van der Waals surface area contributed by atoms with Crippen molar-refractivity contribution in [2.45, 2.75) is 115 Å². The largest absolute Gasteiger partial charge is 0.574 e. The van der Waals surface area contributed by atoms with Crippen molar-refractivity contribution in [1.82, 2.24) is 34.1 Å². The first-order valence-corrected chi connectivity index (χ1v) is 22.5. The van der Waals surface area contributed by atoms with E-state index < -0.39 is 35.7 Å². The molecule has 5 aromatic rings. The summed E-state index contributed by atoms with van der Waals surface area (Å²) in [4.78, 5) is 57.4. The van der Waals surface area contributed by atoms with Gasteiger partial charge in [-0.2, -0.15) is 5.10 Å². The van der Waals surface area contributed by atoms with Gasteiger partial charge in [-0.15, -0.1) is 13.2 Å². The number of ether oxygens (including phenoxy) is 1. The number of likely N-dealkylation sites (tertiary alicyclic amines) is 1. The molecule has 2 aliphatic heterocycles. The van der Waals surface area contributed by atoms with Crippen LogP contribution in [-0.4, -0.2) is 77.6 Å². The first-order valence-electron chi connectivity index (χ1n) is 22.5. The third-order valence-corrected chi connectivity index (χ3v) is 14.3. The number of para-hydroxylation sites is 1. The van der Waals surface area contributed by atoms with E-state index in [1.54, 1.807) is 42.2 Å². The van der Waals surface area contributed by atoms with E-state index in [-0.39, 0.29) is 29.8 Å². The van der Waals surface area contributed by atoms with Crippen molar-refractivity contribution in [3.8, 4) is 5.88 Å². The van der Waals surface area contributed by atoms with Crippen molar-refractivity contribution in [3.63, 3.8) is 0 Å². The first-order chi connectivity index (χ1) is 30.4. The van der Waals surface area contributed by atoms with Crippen LogP contribution in [0.4, 0.5) is 18.9 Å². The normalized spacial score (nSPS) is 22.2. The van der Waals surface area contributed by atoms with Crippen LogP contribution in [0.1, 0.15) is 118 Å².